The number of hydrogen-bond acceptors (Lipinski definition) is 3. The van der Waals surface area contributed by atoms with Crippen LogP contribution in [0.3, 0.4) is 0 Å². The van der Waals surface area contributed by atoms with Crippen LogP contribution in [0.15, 0.2) is 18.2 Å². The number of amides is 2. The van der Waals surface area contributed by atoms with Crippen molar-refractivity contribution in [1.29, 1.82) is 0 Å². The summed E-state index contributed by atoms with van der Waals surface area (Å²) in [6, 6.07) is 3.35. The lowest BCUT2D eigenvalue weighted by molar-refractivity contribution is -0.125. The zero-order valence-electron chi connectivity index (χ0n) is 9.91. The molecule has 2 amide bonds. The summed E-state index contributed by atoms with van der Waals surface area (Å²) < 4.78 is 13.0. The molecule has 19 heavy (non-hydrogen) atoms. The molecule has 2 rings (SSSR count). The second kappa shape index (κ2) is 6.25. The van der Waals surface area contributed by atoms with Gasteiger partial charge < -0.3 is 10.6 Å². The molecule has 1 aromatic carbocycles. The zero-order valence-corrected chi connectivity index (χ0v) is 11.5. The lowest BCUT2D eigenvalue weighted by Crippen LogP contribution is -2.44. The molecule has 1 atom stereocenters. The molecule has 0 aliphatic carbocycles. The molecule has 0 saturated carbocycles. The van der Waals surface area contributed by atoms with E-state index < -0.39 is 11.9 Å². The molecule has 2 N–H and O–H groups in total. The summed E-state index contributed by atoms with van der Waals surface area (Å²) in [7, 11) is 0. The summed E-state index contributed by atoms with van der Waals surface area (Å²) in [4.78, 5) is 23.4. The Labute approximate surface area is 119 Å². The van der Waals surface area contributed by atoms with E-state index >= 15 is 0 Å². The normalized spacial score (nSPS) is 19.5. The van der Waals surface area contributed by atoms with Crippen molar-refractivity contribution in [3.8, 4) is 0 Å². The van der Waals surface area contributed by atoms with Crippen LogP contribution in [0, 0.1) is 5.82 Å². The van der Waals surface area contributed by atoms with Gasteiger partial charge in [0.15, 0.2) is 0 Å². The first-order valence-corrected chi connectivity index (χ1v) is 7.22. The van der Waals surface area contributed by atoms with Gasteiger partial charge in [0, 0.05) is 23.6 Å². The Bertz CT molecular complexity index is 513. The molecule has 0 radical (unpaired) electrons. The van der Waals surface area contributed by atoms with Crippen molar-refractivity contribution in [2.75, 3.05) is 16.8 Å². The number of benzene rings is 1. The van der Waals surface area contributed by atoms with E-state index in [1.807, 2.05) is 0 Å². The first-order valence-electron chi connectivity index (χ1n) is 5.69. The number of rotatable bonds is 2. The highest BCUT2D eigenvalue weighted by atomic mass is 35.5. The monoisotopic (exact) mass is 302 g/mol. The van der Waals surface area contributed by atoms with E-state index in [0.717, 1.165) is 0 Å². The van der Waals surface area contributed by atoms with Crippen molar-refractivity contribution in [3.05, 3.63) is 29.0 Å². The Morgan fingerprint density at radius 1 is 1.53 bits per heavy atom. The van der Waals surface area contributed by atoms with Gasteiger partial charge in [-0.2, -0.15) is 11.8 Å². The Hall–Kier alpha value is -1.27. The fourth-order valence-electron chi connectivity index (χ4n) is 1.62. The van der Waals surface area contributed by atoms with Crippen LogP contribution >= 0.6 is 23.4 Å². The van der Waals surface area contributed by atoms with Gasteiger partial charge in [0.25, 0.3) is 0 Å². The largest absolute Gasteiger partial charge is 0.343 e. The highest BCUT2D eigenvalue weighted by Crippen LogP contribution is 2.20. The third-order valence-electron chi connectivity index (χ3n) is 2.60. The van der Waals surface area contributed by atoms with Gasteiger partial charge in [0.2, 0.25) is 11.8 Å². The third-order valence-corrected chi connectivity index (χ3v) is 3.95. The van der Waals surface area contributed by atoms with E-state index in [-0.39, 0.29) is 16.8 Å². The summed E-state index contributed by atoms with van der Waals surface area (Å²) in [6.07, 6.45) is 0.414. The molecule has 1 fully saturated rings. The van der Waals surface area contributed by atoms with Crippen molar-refractivity contribution < 1.29 is 14.0 Å². The van der Waals surface area contributed by atoms with Crippen LogP contribution in [-0.4, -0.2) is 29.4 Å². The summed E-state index contributed by atoms with van der Waals surface area (Å²) in [6.45, 7) is 0. The minimum Gasteiger partial charge on any atom is -0.343 e. The lowest BCUT2D eigenvalue weighted by Gasteiger charge is -2.15. The topological polar surface area (TPSA) is 58.2 Å². The molecule has 0 bridgehead atoms. The van der Waals surface area contributed by atoms with Crippen LogP contribution in [0.25, 0.3) is 0 Å². The van der Waals surface area contributed by atoms with Gasteiger partial charge in [-0.25, -0.2) is 4.39 Å². The number of halogens is 2. The van der Waals surface area contributed by atoms with Crippen LogP contribution in [0.4, 0.5) is 10.1 Å². The number of anilines is 1. The molecule has 1 heterocycles. The maximum atomic E-state index is 13.0. The van der Waals surface area contributed by atoms with Gasteiger partial charge in [-0.3, -0.25) is 9.59 Å². The maximum Gasteiger partial charge on any atom is 0.247 e. The summed E-state index contributed by atoms with van der Waals surface area (Å²) in [5.41, 5.74) is 0.403. The lowest BCUT2D eigenvalue weighted by atomic mass is 10.2. The fourth-order valence-corrected chi connectivity index (χ4v) is 2.77. The van der Waals surface area contributed by atoms with Crippen LogP contribution < -0.4 is 10.6 Å². The van der Waals surface area contributed by atoms with Crippen LogP contribution in [0.5, 0.6) is 0 Å². The quantitative estimate of drug-likeness (QED) is 0.879. The predicted octanol–water partition coefficient (Wildman–Crippen LogP) is 2.04. The summed E-state index contributed by atoms with van der Waals surface area (Å²) >= 11 is 7.17. The van der Waals surface area contributed by atoms with E-state index in [2.05, 4.69) is 10.6 Å². The predicted molar refractivity (Wildman–Crippen MR) is 73.9 cm³/mol. The molecule has 7 heteroatoms. The Morgan fingerprint density at radius 2 is 2.32 bits per heavy atom. The average molecular weight is 303 g/mol. The molecule has 1 aromatic rings. The van der Waals surface area contributed by atoms with E-state index in [4.69, 9.17) is 11.6 Å². The molecule has 4 nitrogen and oxygen atoms in total. The third kappa shape index (κ3) is 3.84. The standard InChI is InChI=1S/C12H12ClFN2O2S/c13-8-5-7(1-2-9(8)14)15-12(18)10-6-19-4-3-11(17)16-10/h1-2,5,10H,3-4,6H2,(H,15,18)(H,16,17)/t10-/m0/s1. The number of nitrogens with one attached hydrogen (secondary N) is 2. The van der Waals surface area contributed by atoms with Crippen molar-refractivity contribution in [1.82, 2.24) is 5.32 Å². The molecule has 1 saturated heterocycles. The number of hydrogen-bond donors (Lipinski definition) is 2. The summed E-state index contributed by atoms with van der Waals surface area (Å²) in [5, 5.41) is 5.20. The molecule has 1 aliphatic rings. The first kappa shape index (κ1) is 14.1. The SMILES string of the molecule is O=C1CCSC[C@@H](C(=O)Nc2ccc(F)c(Cl)c2)N1. The second-order valence-electron chi connectivity index (χ2n) is 4.06. The second-order valence-corrected chi connectivity index (χ2v) is 5.62. The first-order chi connectivity index (χ1) is 9.06. The molecule has 0 spiro atoms. The summed E-state index contributed by atoms with van der Waals surface area (Å²) in [5.74, 6) is 0.218. The highest BCUT2D eigenvalue weighted by Gasteiger charge is 2.23. The highest BCUT2D eigenvalue weighted by molar-refractivity contribution is 7.99. The van der Waals surface area contributed by atoms with Crippen LogP contribution in [-0.2, 0) is 9.59 Å². The molecule has 1 aliphatic heterocycles. The molecular weight excluding hydrogens is 291 g/mol. The van der Waals surface area contributed by atoms with Crippen LogP contribution in [0.1, 0.15) is 6.42 Å². The van der Waals surface area contributed by atoms with Crippen molar-refractivity contribution in [2.24, 2.45) is 0 Å². The number of carbonyl (C=O) groups is 2. The van der Waals surface area contributed by atoms with Crippen molar-refractivity contribution in [3.63, 3.8) is 0 Å². The molecule has 0 aromatic heterocycles. The average Bonchev–Trinajstić information content (AvgIpc) is 2.58. The zero-order chi connectivity index (χ0) is 13.8. The van der Waals surface area contributed by atoms with Gasteiger partial charge in [0.05, 0.1) is 5.02 Å². The minimum absolute atomic E-state index is 0.0583. The fraction of sp³-hybridized carbons (Fsp3) is 0.333. The molecule has 102 valence electrons. The van der Waals surface area contributed by atoms with Crippen molar-refractivity contribution in [2.45, 2.75) is 12.5 Å². The van der Waals surface area contributed by atoms with Gasteiger partial charge >= 0.3 is 0 Å². The number of carbonyl (C=O) groups excluding carboxylic acids is 2. The van der Waals surface area contributed by atoms with Crippen LogP contribution in [0.2, 0.25) is 5.02 Å². The Morgan fingerprint density at radius 3 is 3.05 bits per heavy atom. The Balaban J connectivity index is 2.03. The van der Waals surface area contributed by atoms with E-state index in [9.17, 15) is 14.0 Å². The minimum atomic E-state index is -0.580. The van der Waals surface area contributed by atoms with E-state index in [0.29, 0.717) is 23.6 Å². The van der Waals surface area contributed by atoms with E-state index in [1.165, 1.54) is 18.2 Å². The molecular formula is C12H12ClFN2O2S. The molecule has 0 unspecified atom stereocenters. The maximum absolute atomic E-state index is 13.0. The van der Waals surface area contributed by atoms with Crippen molar-refractivity contribution >= 4 is 40.9 Å². The number of thioether (sulfide) groups is 1. The Kier molecular flexibility index (Phi) is 4.66. The van der Waals surface area contributed by atoms with Gasteiger partial charge in [-0.05, 0) is 18.2 Å². The van der Waals surface area contributed by atoms with Gasteiger partial charge in [-0.15, -0.1) is 0 Å². The smallest absolute Gasteiger partial charge is 0.247 e. The van der Waals surface area contributed by atoms with Gasteiger partial charge in [0.1, 0.15) is 11.9 Å². The van der Waals surface area contributed by atoms with E-state index in [1.54, 1.807) is 11.8 Å². The van der Waals surface area contributed by atoms with Gasteiger partial charge in [-0.1, -0.05) is 11.6 Å².